The number of aryl methyl sites for hydroxylation is 1. The second-order valence-corrected chi connectivity index (χ2v) is 11.4. The lowest BCUT2D eigenvalue weighted by Crippen LogP contribution is -2.60. The van der Waals surface area contributed by atoms with E-state index in [0.29, 0.717) is 32.0 Å². The average molecular weight is 505 g/mol. The third kappa shape index (κ3) is 4.98. The molecule has 3 aromatic heterocycles. The Labute approximate surface area is 215 Å². The van der Waals surface area contributed by atoms with Crippen LogP contribution >= 0.6 is 0 Å². The maximum atomic E-state index is 13.5. The summed E-state index contributed by atoms with van der Waals surface area (Å²) in [6.07, 6.45) is 1.97. The highest BCUT2D eigenvalue weighted by Crippen LogP contribution is 2.31. The summed E-state index contributed by atoms with van der Waals surface area (Å²) in [7, 11) is 0. The number of aromatic amines is 1. The lowest BCUT2D eigenvalue weighted by atomic mass is 9.87. The van der Waals surface area contributed by atoms with Crippen LogP contribution in [0.5, 0.6) is 0 Å². The molecule has 0 spiro atoms. The fourth-order valence-electron chi connectivity index (χ4n) is 4.85. The number of carbonyl (C=O) groups is 1. The maximum Gasteiger partial charge on any atom is 0.293 e. The number of halogens is 1. The van der Waals surface area contributed by atoms with Gasteiger partial charge in [0.05, 0.1) is 17.6 Å². The van der Waals surface area contributed by atoms with E-state index in [2.05, 4.69) is 60.8 Å². The maximum absolute atomic E-state index is 13.5. The lowest BCUT2D eigenvalue weighted by molar-refractivity contribution is 0.0127. The first-order chi connectivity index (χ1) is 17.4. The number of rotatable bonds is 4. The van der Waals surface area contributed by atoms with Crippen molar-refractivity contribution in [2.24, 2.45) is 0 Å². The molecule has 1 aliphatic heterocycles. The van der Waals surface area contributed by atoms with Crippen molar-refractivity contribution < 1.29 is 9.18 Å². The summed E-state index contributed by atoms with van der Waals surface area (Å²) in [5, 5.41) is 11.6. The van der Waals surface area contributed by atoms with E-state index in [9.17, 15) is 9.18 Å². The second-order valence-electron chi connectivity index (χ2n) is 11.4. The van der Waals surface area contributed by atoms with Gasteiger partial charge in [-0.2, -0.15) is 5.10 Å². The van der Waals surface area contributed by atoms with Crippen LogP contribution in [0.1, 0.15) is 62.3 Å². The summed E-state index contributed by atoms with van der Waals surface area (Å²) in [4.78, 5) is 26.2. The van der Waals surface area contributed by atoms with E-state index in [1.54, 1.807) is 19.1 Å². The van der Waals surface area contributed by atoms with Gasteiger partial charge in [-0.15, -0.1) is 5.10 Å². The molecule has 0 bridgehead atoms. The Morgan fingerprint density at radius 3 is 2.49 bits per heavy atom. The molecule has 1 amide bonds. The smallest absolute Gasteiger partial charge is 0.293 e. The van der Waals surface area contributed by atoms with Crippen LogP contribution in [0.4, 0.5) is 4.39 Å². The van der Waals surface area contributed by atoms with Crippen molar-refractivity contribution in [1.29, 1.82) is 0 Å². The molecule has 0 saturated carbocycles. The predicted octanol–water partition coefficient (Wildman–Crippen LogP) is 4.00. The van der Waals surface area contributed by atoms with Crippen molar-refractivity contribution >= 4 is 11.6 Å². The molecule has 37 heavy (non-hydrogen) atoms. The fourth-order valence-corrected chi connectivity index (χ4v) is 4.85. The molecular weight excluding hydrogens is 471 g/mol. The van der Waals surface area contributed by atoms with E-state index in [4.69, 9.17) is 10.1 Å². The van der Waals surface area contributed by atoms with Crippen LogP contribution < -0.4 is 0 Å². The number of piperazine rings is 1. The normalized spacial score (nSPS) is 16.5. The summed E-state index contributed by atoms with van der Waals surface area (Å²) < 4.78 is 15.3. The van der Waals surface area contributed by atoms with Gasteiger partial charge in [-0.25, -0.2) is 18.9 Å². The van der Waals surface area contributed by atoms with Gasteiger partial charge in [-0.1, -0.05) is 20.8 Å². The van der Waals surface area contributed by atoms with Crippen molar-refractivity contribution in [1.82, 2.24) is 39.6 Å². The number of nitrogens with one attached hydrogen (secondary N) is 1. The third-order valence-electron chi connectivity index (χ3n) is 6.93. The van der Waals surface area contributed by atoms with Gasteiger partial charge in [0.1, 0.15) is 11.6 Å². The van der Waals surface area contributed by atoms with Crippen LogP contribution in [-0.4, -0.2) is 70.7 Å². The first kappa shape index (κ1) is 25.0. The Hall–Kier alpha value is -3.66. The van der Waals surface area contributed by atoms with Crippen LogP contribution in [0.3, 0.4) is 0 Å². The number of amides is 1. The van der Waals surface area contributed by atoms with Crippen molar-refractivity contribution in [2.45, 2.75) is 59.0 Å². The average Bonchev–Trinajstić information content (AvgIpc) is 3.44. The molecule has 4 heterocycles. The van der Waals surface area contributed by atoms with Crippen LogP contribution in [-0.2, 0) is 12.0 Å². The molecule has 9 nitrogen and oxygen atoms in total. The molecule has 0 radical (unpaired) electrons. The van der Waals surface area contributed by atoms with Crippen LogP contribution in [0.15, 0.2) is 36.5 Å². The van der Waals surface area contributed by atoms with Gasteiger partial charge < -0.3 is 4.90 Å². The molecule has 0 unspecified atom stereocenters. The molecule has 1 saturated heterocycles. The van der Waals surface area contributed by atoms with Gasteiger partial charge in [0.2, 0.25) is 5.82 Å². The highest BCUT2D eigenvalue weighted by Gasteiger charge is 2.37. The lowest BCUT2D eigenvalue weighted by Gasteiger charge is -2.46. The zero-order valence-electron chi connectivity index (χ0n) is 22.2. The predicted molar refractivity (Wildman–Crippen MR) is 139 cm³/mol. The standard InChI is InChI=1S/C27H33FN8O/c1-17-29-23(32-31-17)25(37)34-11-12-35(27(5,6)16-34)14-20-15-36-24(30-20)21(26(2,3)4)13-22(33-36)18-7-9-19(28)10-8-18/h7-10,13,15H,11-12,14,16H2,1-6H3,(H,29,31,32). The molecule has 4 aromatic rings. The van der Waals surface area contributed by atoms with Crippen molar-refractivity contribution in [3.05, 3.63) is 65.3 Å². The fraction of sp³-hybridized carbons (Fsp3) is 0.444. The van der Waals surface area contributed by atoms with Crippen molar-refractivity contribution in [3.63, 3.8) is 0 Å². The van der Waals surface area contributed by atoms with E-state index in [-0.39, 0.29) is 28.5 Å². The Balaban J connectivity index is 1.41. The molecule has 1 fully saturated rings. The molecule has 10 heteroatoms. The second kappa shape index (κ2) is 9.02. The number of fused-ring (bicyclic) bond motifs is 1. The molecule has 0 atom stereocenters. The molecular formula is C27H33FN8O. The van der Waals surface area contributed by atoms with Gasteiger partial charge in [0, 0.05) is 42.8 Å². The highest BCUT2D eigenvalue weighted by atomic mass is 19.1. The summed E-state index contributed by atoms with van der Waals surface area (Å²) >= 11 is 0. The van der Waals surface area contributed by atoms with Crippen molar-refractivity contribution in [3.8, 4) is 11.3 Å². The molecule has 1 aliphatic rings. The minimum absolute atomic E-state index is 0.155. The Morgan fingerprint density at radius 2 is 1.86 bits per heavy atom. The van der Waals surface area contributed by atoms with E-state index >= 15 is 0 Å². The van der Waals surface area contributed by atoms with E-state index in [1.807, 2.05) is 15.6 Å². The molecule has 0 aliphatic carbocycles. The van der Waals surface area contributed by atoms with Crippen LogP contribution in [0.25, 0.3) is 16.9 Å². The minimum atomic E-state index is -0.272. The molecule has 1 N–H and O–H groups in total. The zero-order chi connectivity index (χ0) is 26.5. The molecule has 5 rings (SSSR count). The molecule has 1 aromatic carbocycles. The van der Waals surface area contributed by atoms with Gasteiger partial charge in [0.25, 0.3) is 5.91 Å². The number of nitrogens with zero attached hydrogens (tertiary/aromatic N) is 7. The van der Waals surface area contributed by atoms with Crippen LogP contribution in [0.2, 0.25) is 0 Å². The molecule has 194 valence electrons. The monoisotopic (exact) mass is 504 g/mol. The van der Waals surface area contributed by atoms with E-state index in [0.717, 1.165) is 28.2 Å². The third-order valence-corrected chi connectivity index (χ3v) is 6.93. The van der Waals surface area contributed by atoms with Gasteiger partial charge in [-0.3, -0.25) is 14.8 Å². The number of aromatic nitrogens is 6. The van der Waals surface area contributed by atoms with Gasteiger partial charge in [-0.05, 0) is 56.5 Å². The highest BCUT2D eigenvalue weighted by molar-refractivity contribution is 5.90. The zero-order valence-corrected chi connectivity index (χ0v) is 22.2. The first-order valence-corrected chi connectivity index (χ1v) is 12.5. The number of hydrogen-bond donors (Lipinski definition) is 1. The SMILES string of the molecule is Cc1nc(C(=O)N2CCN(Cc3cn4nc(-c5ccc(F)cc5)cc(C(C)(C)C)c4n3)C(C)(C)C2)n[nH]1. The summed E-state index contributed by atoms with van der Waals surface area (Å²) in [6, 6.07) is 8.45. The number of imidazole rings is 1. The Bertz CT molecular complexity index is 1450. The summed E-state index contributed by atoms with van der Waals surface area (Å²) in [5.41, 5.74) is 4.00. The Morgan fingerprint density at radius 1 is 1.14 bits per heavy atom. The Kier molecular flexibility index (Phi) is 6.10. The van der Waals surface area contributed by atoms with E-state index < -0.39 is 0 Å². The quantitative estimate of drug-likeness (QED) is 0.452. The van der Waals surface area contributed by atoms with E-state index in [1.165, 1.54) is 12.1 Å². The summed E-state index contributed by atoms with van der Waals surface area (Å²) in [5.74, 6) is 0.404. The van der Waals surface area contributed by atoms with Crippen LogP contribution in [0, 0.1) is 12.7 Å². The topological polar surface area (TPSA) is 95.3 Å². The number of carbonyl (C=O) groups excluding carboxylic acids is 1. The summed E-state index contributed by atoms with van der Waals surface area (Å²) in [6.45, 7) is 15.0. The van der Waals surface area contributed by atoms with Crippen molar-refractivity contribution in [2.75, 3.05) is 19.6 Å². The minimum Gasteiger partial charge on any atom is -0.333 e. The first-order valence-electron chi connectivity index (χ1n) is 12.5. The number of benzene rings is 1. The van der Waals surface area contributed by atoms with Gasteiger partial charge >= 0.3 is 0 Å². The number of hydrogen-bond acceptors (Lipinski definition) is 6. The largest absolute Gasteiger partial charge is 0.333 e. The number of H-pyrrole nitrogens is 1. The van der Waals surface area contributed by atoms with Gasteiger partial charge in [0.15, 0.2) is 5.65 Å².